The topological polar surface area (TPSA) is 87.6 Å². The third kappa shape index (κ3) is 5.06. The number of oxazole rings is 2. The first-order chi connectivity index (χ1) is 12.2. The summed E-state index contributed by atoms with van der Waals surface area (Å²) in [7, 11) is 0. The maximum atomic E-state index is 12.6. The molecule has 25 heavy (non-hydrogen) atoms. The van der Waals surface area contributed by atoms with Crippen molar-refractivity contribution in [1.29, 1.82) is 0 Å². The molecule has 0 radical (unpaired) electrons. The molecule has 136 valence electrons. The zero-order valence-corrected chi connectivity index (χ0v) is 14.6. The van der Waals surface area contributed by atoms with E-state index in [9.17, 15) is 4.79 Å². The number of nitrogens with zero attached hydrogens (tertiary/aromatic N) is 4. The first-order valence-corrected chi connectivity index (χ1v) is 8.73. The number of carbonyl (C=O) groups is 1. The van der Waals surface area contributed by atoms with Gasteiger partial charge in [-0.2, -0.15) is 0 Å². The molecular weight excluding hydrogens is 322 g/mol. The van der Waals surface area contributed by atoms with Gasteiger partial charge < -0.3 is 19.1 Å². The van der Waals surface area contributed by atoms with Crippen molar-refractivity contribution in [1.82, 2.24) is 25.1 Å². The van der Waals surface area contributed by atoms with Gasteiger partial charge in [-0.05, 0) is 26.3 Å². The molecule has 8 heteroatoms. The van der Waals surface area contributed by atoms with Gasteiger partial charge in [-0.25, -0.2) is 14.8 Å². The maximum Gasteiger partial charge on any atom is 0.318 e. The molecule has 2 amide bonds. The van der Waals surface area contributed by atoms with E-state index in [-0.39, 0.29) is 6.03 Å². The van der Waals surface area contributed by atoms with Gasteiger partial charge in [-0.1, -0.05) is 6.42 Å². The lowest BCUT2D eigenvalue weighted by atomic mass is 10.0. The molecule has 0 bridgehead atoms. The van der Waals surface area contributed by atoms with Crippen LogP contribution in [0.1, 0.15) is 37.6 Å². The highest BCUT2D eigenvalue weighted by Crippen LogP contribution is 2.15. The highest BCUT2D eigenvalue weighted by atomic mass is 16.3. The van der Waals surface area contributed by atoms with Crippen molar-refractivity contribution < 1.29 is 13.6 Å². The second-order valence-electron chi connectivity index (χ2n) is 6.43. The summed E-state index contributed by atoms with van der Waals surface area (Å²) in [6, 6.07) is 0.447. The highest BCUT2D eigenvalue weighted by Gasteiger charge is 2.20. The Kier molecular flexibility index (Phi) is 6.05. The van der Waals surface area contributed by atoms with E-state index in [4.69, 9.17) is 8.83 Å². The summed E-state index contributed by atoms with van der Waals surface area (Å²) >= 11 is 0. The van der Waals surface area contributed by atoms with Gasteiger partial charge in [0.15, 0.2) is 12.8 Å². The fourth-order valence-electron chi connectivity index (χ4n) is 3.13. The second-order valence-corrected chi connectivity index (χ2v) is 6.43. The molecule has 0 aliphatic carbocycles. The average molecular weight is 347 g/mol. The molecule has 2 aromatic rings. The Morgan fingerprint density at radius 1 is 1.24 bits per heavy atom. The summed E-state index contributed by atoms with van der Waals surface area (Å²) in [5, 5.41) is 3.00. The summed E-state index contributed by atoms with van der Waals surface area (Å²) < 4.78 is 9.98. The van der Waals surface area contributed by atoms with Crippen molar-refractivity contribution in [2.24, 2.45) is 0 Å². The number of aromatic nitrogens is 2. The summed E-state index contributed by atoms with van der Waals surface area (Å²) in [5.74, 6) is 0. The molecule has 0 aromatic carbocycles. The van der Waals surface area contributed by atoms with Gasteiger partial charge >= 0.3 is 6.03 Å². The Bertz CT molecular complexity index is 593. The minimum Gasteiger partial charge on any atom is -0.451 e. The standard InChI is InChI=1S/C17H25N5O3/c1-14-4-2-3-6-21(14)7-5-18-17(23)22(8-15-10-24-12-19-15)9-16-11-25-13-20-16/h10-14H,2-9H2,1H3,(H,18,23)/t14-/m0/s1. The number of likely N-dealkylation sites (tertiary alicyclic amines) is 1. The van der Waals surface area contributed by atoms with E-state index in [1.165, 1.54) is 32.0 Å². The van der Waals surface area contributed by atoms with Crippen LogP contribution < -0.4 is 5.32 Å². The van der Waals surface area contributed by atoms with Crippen LogP contribution in [0, 0.1) is 0 Å². The van der Waals surface area contributed by atoms with Gasteiger partial charge in [0.05, 0.1) is 24.5 Å². The smallest absolute Gasteiger partial charge is 0.318 e. The van der Waals surface area contributed by atoms with Crippen molar-refractivity contribution in [3.8, 4) is 0 Å². The average Bonchev–Trinajstić information content (AvgIpc) is 3.30. The predicted molar refractivity (Wildman–Crippen MR) is 90.5 cm³/mol. The van der Waals surface area contributed by atoms with Crippen LogP contribution in [-0.2, 0) is 13.1 Å². The molecule has 1 N–H and O–H groups in total. The van der Waals surface area contributed by atoms with E-state index >= 15 is 0 Å². The number of carbonyl (C=O) groups excluding carboxylic acids is 1. The van der Waals surface area contributed by atoms with E-state index in [0.717, 1.165) is 13.1 Å². The van der Waals surface area contributed by atoms with E-state index in [1.54, 1.807) is 17.4 Å². The molecule has 0 saturated carbocycles. The third-order valence-corrected chi connectivity index (χ3v) is 4.58. The molecular formula is C17H25N5O3. The molecule has 2 aromatic heterocycles. The molecule has 1 fully saturated rings. The summed E-state index contributed by atoms with van der Waals surface area (Å²) in [6.07, 6.45) is 9.57. The summed E-state index contributed by atoms with van der Waals surface area (Å²) in [4.78, 5) is 24.9. The molecule has 3 heterocycles. The molecule has 0 spiro atoms. The number of urea groups is 1. The van der Waals surface area contributed by atoms with Crippen molar-refractivity contribution >= 4 is 6.03 Å². The minimum atomic E-state index is -0.143. The third-order valence-electron chi connectivity index (χ3n) is 4.58. The molecule has 0 unspecified atom stereocenters. The van der Waals surface area contributed by atoms with Gasteiger partial charge in [0.1, 0.15) is 12.5 Å². The molecule has 1 saturated heterocycles. The van der Waals surface area contributed by atoms with Gasteiger partial charge in [0.25, 0.3) is 0 Å². The predicted octanol–water partition coefficient (Wildman–Crippen LogP) is 2.25. The van der Waals surface area contributed by atoms with Crippen LogP contribution in [0.3, 0.4) is 0 Å². The monoisotopic (exact) mass is 347 g/mol. The molecule has 3 rings (SSSR count). The second kappa shape index (κ2) is 8.66. The number of nitrogens with one attached hydrogen (secondary N) is 1. The molecule has 1 aliphatic rings. The Balaban J connectivity index is 1.52. The van der Waals surface area contributed by atoms with Crippen LogP contribution in [0.25, 0.3) is 0 Å². The summed E-state index contributed by atoms with van der Waals surface area (Å²) in [5.41, 5.74) is 1.39. The summed E-state index contributed by atoms with van der Waals surface area (Å²) in [6.45, 7) is 5.57. The van der Waals surface area contributed by atoms with Crippen molar-refractivity contribution in [3.63, 3.8) is 0 Å². The Morgan fingerprint density at radius 2 is 1.92 bits per heavy atom. The lowest BCUT2D eigenvalue weighted by Gasteiger charge is -2.33. The van der Waals surface area contributed by atoms with E-state index < -0.39 is 0 Å². The number of hydrogen-bond donors (Lipinski definition) is 1. The lowest BCUT2D eigenvalue weighted by molar-refractivity contribution is 0.156. The minimum absolute atomic E-state index is 0.143. The van der Waals surface area contributed by atoms with E-state index in [1.807, 2.05) is 0 Å². The van der Waals surface area contributed by atoms with E-state index in [2.05, 4.69) is 27.1 Å². The number of amides is 2. The Labute approximate surface area is 147 Å². The van der Waals surface area contributed by atoms with Gasteiger partial charge in [0.2, 0.25) is 0 Å². The molecule has 1 aliphatic heterocycles. The van der Waals surface area contributed by atoms with E-state index in [0.29, 0.717) is 37.1 Å². The fourth-order valence-corrected chi connectivity index (χ4v) is 3.13. The van der Waals surface area contributed by atoms with Crippen LogP contribution >= 0.6 is 0 Å². The number of rotatable bonds is 7. The van der Waals surface area contributed by atoms with Crippen LogP contribution in [0.2, 0.25) is 0 Å². The van der Waals surface area contributed by atoms with Crippen molar-refractivity contribution in [2.45, 2.75) is 45.3 Å². The van der Waals surface area contributed by atoms with Crippen molar-refractivity contribution in [2.75, 3.05) is 19.6 Å². The van der Waals surface area contributed by atoms with Gasteiger partial charge in [0, 0.05) is 19.1 Å². The fraction of sp³-hybridized carbons (Fsp3) is 0.588. The number of piperidine rings is 1. The molecule has 8 nitrogen and oxygen atoms in total. The largest absolute Gasteiger partial charge is 0.451 e. The van der Waals surface area contributed by atoms with Gasteiger partial charge in [-0.15, -0.1) is 0 Å². The van der Waals surface area contributed by atoms with Crippen molar-refractivity contribution in [3.05, 3.63) is 36.7 Å². The first kappa shape index (κ1) is 17.5. The van der Waals surface area contributed by atoms with Crippen LogP contribution in [0.5, 0.6) is 0 Å². The first-order valence-electron chi connectivity index (χ1n) is 8.73. The quantitative estimate of drug-likeness (QED) is 0.826. The SMILES string of the molecule is C[C@H]1CCCCN1CCNC(=O)N(Cc1cocn1)Cc1cocn1. The highest BCUT2D eigenvalue weighted by molar-refractivity contribution is 5.74. The zero-order chi connectivity index (χ0) is 17.5. The lowest BCUT2D eigenvalue weighted by Crippen LogP contribution is -2.45. The molecule has 1 atom stereocenters. The normalized spacial score (nSPS) is 18.2. The van der Waals surface area contributed by atoms with Crippen LogP contribution in [0.4, 0.5) is 4.79 Å². The Hall–Kier alpha value is -2.35. The Morgan fingerprint density at radius 3 is 2.48 bits per heavy atom. The van der Waals surface area contributed by atoms with Crippen LogP contribution in [0.15, 0.2) is 34.1 Å². The zero-order valence-electron chi connectivity index (χ0n) is 14.6. The van der Waals surface area contributed by atoms with Gasteiger partial charge in [-0.3, -0.25) is 4.90 Å². The number of hydrogen-bond acceptors (Lipinski definition) is 6. The van der Waals surface area contributed by atoms with Crippen LogP contribution in [-0.4, -0.2) is 51.5 Å². The maximum absolute atomic E-state index is 12.6.